The van der Waals surface area contributed by atoms with Crippen molar-refractivity contribution in [2.24, 2.45) is 0 Å². The van der Waals surface area contributed by atoms with Crippen molar-refractivity contribution >= 4 is 22.1 Å². The maximum atomic E-state index is 12.4. The van der Waals surface area contributed by atoms with E-state index in [1.54, 1.807) is 63.4 Å². The van der Waals surface area contributed by atoms with E-state index in [2.05, 4.69) is 0 Å². The summed E-state index contributed by atoms with van der Waals surface area (Å²) in [7, 11) is -1.93. The first-order chi connectivity index (χ1) is 12.9. The van der Waals surface area contributed by atoms with Crippen LogP contribution in [0.3, 0.4) is 0 Å². The van der Waals surface area contributed by atoms with Crippen LogP contribution in [0.15, 0.2) is 59.5 Å². The van der Waals surface area contributed by atoms with E-state index in [9.17, 15) is 13.2 Å². The first-order valence-electron chi connectivity index (χ1n) is 8.54. The molecule has 0 aliphatic carbocycles. The van der Waals surface area contributed by atoms with E-state index in [4.69, 9.17) is 9.47 Å². The molecule has 0 amide bonds. The Kier molecular flexibility index (Phi) is 7.15. The van der Waals surface area contributed by atoms with Crippen LogP contribution in [0, 0.1) is 0 Å². The van der Waals surface area contributed by atoms with Gasteiger partial charge in [0, 0.05) is 19.2 Å². The molecule has 0 aliphatic rings. The molecule has 0 unspecified atom stereocenters. The third-order valence-electron chi connectivity index (χ3n) is 3.91. The van der Waals surface area contributed by atoms with Crippen LogP contribution >= 0.6 is 0 Å². The van der Waals surface area contributed by atoms with Crippen molar-refractivity contribution in [3.8, 4) is 11.5 Å². The average Bonchev–Trinajstić information content (AvgIpc) is 2.68. The Bertz CT molecular complexity index is 883. The zero-order valence-electron chi connectivity index (χ0n) is 15.6. The monoisotopic (exact) mass is 389 g/mol. The molecule has 2 aromatic carbocycles. The van der Waals surface area contributed by atoms with Gasteiger partial charge in [0.1, 0.15) is 11.5 Å². The summed E-state index contributed by atoms with van der Waals surface area (Å²) in [5, 5.41) is 0. The predicted molar refractivity (Wildman–Crippen MR) is 104 cm³/mol. The highest BCUT2D eigenvalue weighted by Crippen LogP contribution is 2.18. The number of hydrogen-bond acceptors (Lipinski definition) is 5. The van der Waals surface area contributed by atoms with Crippen LogP contribution in [0.5, 0.6) is 11.5 Å². The third-order valence-corrected chi connectivity index (χ3v) is 5.98. The molecule has 0 spiro atoms. The Morgan fingerprint density at radius 2 is 1.52 bits per heavy atom. The second-order valence-corrected chi connectivity index (χ2v) is 7.53. The minimum Gasteiger partial charge on any atom is -0.497 e. The molecule has 0 bridgehead atoms. The summed E-state index contributed by atoms with van der Waals surface area (Å²) in [6.07, 6.45) is 2.86. The van der Waals surface area contributed by atoms with Crippen molar-refractivity contribution in [1.29, 1.82) is 0 Å². The largest absolute Gasteiger partial charge is 0.497 e. The molecule has 0 fully saturated rings. The summed E-state index contributed by atoms with van der Waals surface area (Å²) in [4.78, 5) is 12.1. The summed E-state index contributed by atoms with van der Waals surface area (Å²) < 4.78 is 36.5. The first kappa shape index (κ1) is 20.7. The second-order valence-electron chi connectivity index (χ2n) is 5.59. The Morgan fingerprint density at radius 3 is 2.04 bits per heavy atom. The standard InChI is InChI=1S/C20H23NO5S/c1-4-21(5-2)27(23,24)19-13-6-16(7-14-19)8-15-20(22)26-18-11-9-17(25-3)10-12-18/h6-15H,4-5H2,1-3H3/b15-8+. The normalized spacial score (nSPS) is 11.7. The summed E-state index contributed by atoms with van der Waals surface area (Å²) in [6.45, 7) is 4.43. The molecule has 0 saturated carbocycles. The van der Waals surface area contributed by atoms with Crippen LogP contribution in [-0.4, -0.2) is 38.9 Å². The first-order valence-corrected chi connectivity index (χ1v) is 9.98. The highest BCUT2D eigenvalue weighted by atomic mass is 32.2. The van der Waals surface area contributed by atoms with Gasteiger partial charge in [0.2, 0.25) is 10.0 Å². The van der Waals surface area contributed by atoms with Gasteiger partial charge in [0.15, 0.2) is 0 Å². The van der Waals surface area contributed by atoms with Crippen molar-refractivity contribution in [2.45, 2.75) is 18.7 Å². The molecule has 0 saturated heterocycles. The molecular weight excluding hydrogens is 366 g/mol. The van der Waals surface area contributed by atoms with Gasteiger partial charge in [-0.3, -0.25) is 0 Å². The topological polar surface area (TPSA) is 72.9 Å². The van der Waals surface area contributed by atoms with E-state index < -0.39 is 16.0 Å². The molecule has 0 N–H and O–H groups in total. The number of sulfonamides is 1. The van der Waals surface area contributed by atoms with Gasteiger partial charge in [-0.05, 0) is 48.0 Å². The Hall–Kier alpha value is -2.64. The van der Waals surface area contributed by atoms with Crippen molar-refractivity contribution < 1.29 is 22.7 Å². The Balaban J connectivity index is 2.03. The highest BCUT2D eigenvalue weighted by Gasteiger charge is 2.20. The zero-order valence-corrected chi connectivity index (χ0v) is 16.4. The molecule has 0 heterocycles. The fourth-order valence-electron chi connectivity index (χ4n) is 2.42. The van der Waals surface area contributed by atoms with Gasteiger partial charge in [-0.2, -0.15) is 4.31 Å². The number of ether oxygens (including phenoxy) is 2. The molecule has 0 aliphatic heterocycles. The fourth-order valence-corrected chi connectivity index (χ4v) is 3.88. The SMILES string of the molecule is CCN(CC)S(=O)(=O)c1ccc(/C=C/C(=O)Oc2ccc(OC)cc2)cc1. The number of carbonyl (C=O) groups excluding carboxylic acids is 1. The molecule has 0 radical (unpaired) electrons. The molecule has 0 atom stereocenters. The number of rotatable bonds is 8. The van der Waals surface area contributed by atoms with E-state index >= 15 is 0 Å². The van der Waals surface area contributed by atoms with Gasteiger partial charge in [-0.1, -0.05) is 26.0 Å². The highest BCUT2D eigenvalue weighted by molar-refractivity contribution is 7.89. The van der Waals surface area contributed by atoms with Gasteiger partial charge in [0.05, 0.1) is 12.0 Å². The van der Waals surface area contributed by atoms with Crippen LogP contribution in [0.2, 0.25) is 0 Å². The summed E-state index contributed by atoms with van der Waals surface area (Å²) in [5.41, 5.74) is 0.695. The molecule has 2 rings (SSSR count). The molecule has 2 aromatic rings. The zero-order chi connectivity index (χ0) is 19.9. The van der Waals surface area contributed by atoms with Crippen molar-refractivity contribution in [2.75, 3.05) is 20.2 Å². The van der Waals surface area contributed by atoms with Crippen molar-refractivity contribution in [1.82, 2.24) is 4.31 Å². The summed E-state index contributed by atoms with van der Waals surface area (Å²) >= 11 is 0. The van der Waals surface area contributed by atoms with Crippen molar-refractivity contribution in [3.05, 3.63) is 60.2 Å². The number of benzene rings is 2. The Morgan fingerprint density at radius 1 is 0.963 bits per heavy atom. The maximum Gasteiger partial charge on any atom is 0.336 e. The van der Waals surface area contributed by atoms with Gasteiger partial charge in [-0.15, -0.1) is 0 Å². The lowest BCUT2D eigenvalue weighted by atomic mass is 10.2. The van der Waals surface area contributed by atoms with Crippen LogP contribution in [0.4, 0.5) is 0 Å². The maximum absolute atomic E-state index is 12.4. The van der Waals surface area contributed by atoms with Gasteiger partial charge < -0.3 is 9.47 Å². The van der Waals surface area contributed by atoms with Crippen molar-refractivity contribution in [3.63, 3.8) is 0 Å². The predicted octanol–water partition coefficient (Wildman–Crippen LogP) is 3.34. The molecule has 27 heavy (non-hydrogen) atoms. The minimum atomic E-state index is -3.49. The number of nitrogens with zero attached hydrogens (tertiary/aromatic N) is 1. The van der Waals surface area contributed by atoms with E-state index in [0.717, 1.165) is 0 Å². The van der Waals surface area contributed by atoms with E-state index in [1.165, 1.54) is 22.5 Å². The number of esters is 1. The number of carbonyl (C=O) groups is 1. The number of hydrogen-bond donors (Lipinski definition) is 0. The second kappa shape index (κ2) is 9.34. The van der Waals surface area contributed by atoms with Gasteiger partial charge in [0.25, 0.3) is 0 Å². The summed E-state index contributed by atoms with van der Waals surface area (Å²) in [6, 6.07) is 13.0. The molecule has 0 aromatic heterocycles. The summed E-state index contributed by atoms with van der Waals surface area (Å²) in [5.74, 6) is 0.552. The Labute approximate surface area is 160 Å². The fraction of sp³-hybridized carbons (Fsp3) is 0.250. The molecule has 7 heteroatoms. The molecule has 6 nitrogen and oxygen atoms in total. The van der Waals surface area contributed by atoms with Gasteiger partial charge in [-0.25, -0.2) is 13.2 Å². The third kappa shape index (κ3) is 5.42. The molecular formula is C20H23NO5S. The average molecular weight is 389 g/mol. The molecule has 144 valence electrons. The van der Waals surface area contributed by atoms with E-state index in [-0.39, 0.29) is 4.90 Å². The van der Waals surface area contributed by atoms with Crippen LogP contribution in [0.25, 0.3) is 6.08 Å². The van der Waals surface area contributed by atoms with Crippen LogP contribution in [0.1, 0.15) is 19.4 Å². The van der Waals surface area contributed by atoms with Crippen LogP contribution in [-0.2, 0) is 14.8 Å². The van der Waals surface area contributed by atoms with E-state index in [1.807, 2.05) is 0 Å². The quantitative estimate of drug-likeness (QED) is 0.393. The van der Waals surface area contributed by atoms with Gasteiger partial charge >= 0.3 is 5.97 Å². The smallest absolute Gasteiger partial charge is 0.336 e. The minimum absolute atomic E-state index is 0.226. The van der Waals surface area contributed by atoms with E-state index in [0.29, 0.717) is 30.2 Å². The number of methoxy groups -OCH3 is 1. The lowest BCUT2D eigenvalue weighted by Gasteiger charge is -2.18. The lowest BCUT2D eigenvalue weighted by molar-refractivity contribution is -0.128. The lowest BCUT2D eigenvalue weighted by Crippen LogP contribution is -2.30. The van der Waals surface area contributed by atoms with Crippen LogP contribution < -0.4 is 9.47 Å².